The van der Waals surface area contributed by atoms with E-state index in [2.05, 4.69) is 33.9 Å². The SMILES string of the molecule is COCCNC(=O)CN(C)C(=O)c1cc(S)ccc1Br. The zero-order chi connectivity index (χ0) is 15.1. The van der Waals surface area contributed by atoms with Crippen LogP contribution in [0.1, 0.15) is 10.4 Å². The van der Waals surface area contributed by atoms with Gasteiger partial charge in [0.25, 0.3) is 5.91 Å². The van der Waals surface area contributed by atoms with Gasteiger partial charge in [0.2, 0.25) is 5.91 Å². The van der Waals surface area contributed by atoms with Crippen LogP contribution in [-0.4, -0.2) is 50.6 Å². The van der Waals surface area contributed by atoms with Gasteiger partial charge in [0, 0.05) is 30.1 Å². The van der Waals surface area contributed by atoms with Crippen molar-refractivity contribution < 1.29 is 14.3 Å². The fourth-order valence-electron chi connectivity index (χ4n) is 1.52. The number of ether oxygens (including phenoxy) is 1. The molecular weight excluding hydrogens is 344 g/mol. The van der Waals surface area contributed by atoms with Crippen molar-refractivity contribution in [2.45, 2.75) is 4.90 Å². The fourth-order valence-corrected chi connectivity index (χ4v) is 2.14. The maximum absolute atomic E-state index is 12.2. The first-order valence-electron chi connectivity index (χ1n) is 5.95. The zero-order valence-electron chi connectivity index (χ0n) is 11.4. The lowest BCUT2D eigenvalue weighted by molar-refractivity contribution is -0.121. The van der Waals surface area contributed by atoms with Crippen LogP contribution in [0.5, 0.6) is 0 Å². The lowest BCUT2D eigenvalue weighted by Gasteiger charge is -2.17. The van der Waals surface area contributed by atoms with E-state index in [0.717, 1.165) is 0 Å². The largest absolute Gasteiger partial charge is 0.383 e. The number of carbonyl (C=O) groups is 2. The van der Waals surface area contributed by atoms with Crippen LogP contribution in [0.3, 0.4) is 0 Å². The third kappa shape index (κ3) is 5.15. The highest BCUT2D eigenvalue weighted by atomic mass is 79.9. The molecule has 0 aliphatic rings. The Hall–Kier alpha value is -1.05. The lowest BCUT2D eigenvalue weighted by atomic mass is 10.2. The summed E-state index contributed by atoms with van der Waals surface area (Å²) in [6.07, 6.45) is 0. The predicted molar refractivity (Wildman–Crippen MR) is 83.2 cm³/mol. The number of likely N-dealkylation sites (N-methyl/N-ethyl adjacent to an activating group) is 1. The Bertz CT molecular complexity index is 497. The number of benzene rings is 1. The van der Waals surface area contributed by atoms with Crippen molar-refractivity contribution >= 4 is 40.4 Å². The standard InChI is InChI=1S/C13H17BrN2O3S/c1-16(8-12(17)15-5-6-19-2)13(18)10-7-9(20)3-4-11(10)14/h3-4,7,20H,5-6,8H2,1-2H3,(H,15,17). The molecule has 1 N–H and O–H groups in total. The quantitative estimate of drug-likeness (QED) is 0.598. The molecule has 2 amide bonds. The van der Waals surface area contributed by atoms with Crippen LogP contribution < -0.4 is 5.32 Å². The summed E-state index contributed by atoms with van der Waals surface area (Å²) in [6, 6.07) is 5.19. The Labute approximate surface area is 132 Å². The maximum atomic E-state index is 12.2. The first-order chi connectivity index (χ1) is 9.45. The summed E-state index contributed by atoms with van der Waals surface area (Å²) in [6.45, 7) is 0.857. The first kappa shape index (κ1) is 17.0. The molecule has 0 saturated heterocycles. The number of thiol groups is 1. The second kappa shape index (κ2) is 8.28. The van der Waals surface area contributed by atoms with E-state index in [0.29, 0.717) is 28.1 Å². The fraction of sp³-hybridized carbons (Fsp3) is 0.385. The summed E-state index contributed by atoms with van der Waals surface area (Å²) in [5.41, 5.74) is 0.477. The normalized spacial score (nSPS) is 10.2. The molecule has 1 aromatic carbocycles. The summed E-state index contributed by atoms with van der Waals surface area (Å²) < 4.78 is 5.51. The highest BCUT2D eigenvalue weighted by molar-refractivity contribution is 9.10. The predicted octanol–water partition coefficient (Wildman–Crippen LogP) is 1.57. The van der Waals surface area contributed by atoms with E-state index < -0.39 is 0 Å². The van der Waals surface area contributed by atoms with E-state index in [4.69, 9.17) is 4.74 Å². The topological polar surface area (TPSA) is 58.6 Å². The van der Waals surface area contributed by atoms with Gasteiger partial charge < -0.3 is 15.0 Å². The molecule has 0 unspecified atom stereocenters. The molecule has 0 fully saturated rings. The van der Waals surface area contributed by atoms with Gasteiger partial charge in [-0.2, -0.15) is 0 Å². The Morgan fingerprint density at radius 2 is 2.15 bits per heavy atom. The van der Waals surface area contributed by atoms with Gasteiger partial charge in [0.15, 0.2) is 0 Å². The van der Waals surface area contributed by atoms with Gasteiger partial charge in [0.1, 0.15) is 0 Å². The van der Waals surface area contributed by atoms with Crippen molar-refractivity contribution in [1.82, 2.24) is 10.2 Å². The van der Waals surface area contributed by atoms with Crippen LogP contribution in [-0.2, 0) is 9.53 Å². The maximum Gasteiger partial charge on any atom is 0.255 e. The van der Waals surface area contributed by atoms with Crippen LogP contribution in [0.2, 0.25) is 0 Å². The van der Waals surface area contributed by atoms with Crippen molar-refractivity contribution in [3.8, 4) is 0 Å². The number of hydrogen-bond donors (Lipinski definition) is 2. The van der Waals surface area contributed by atoms with Gasteiger partial charge >= 0.3 is 0 Å². The third-order valence-electron chi connectivity index (χ3n) is 2.54. The van der Waals surface area contributed by atoms with Crippen molar-refractivity contribution in [1.29, 1.82) is 0 Å². The average molecular weight is 361 g/mol. The van der Waals surface area contributed by atoms with E-state index in [9.17, 15) is 9.59 Å². The van der Waals surface area contributed by atoms with E-state index >= 15 is 0 Å². The van der Waals surface area contributed by atoms with Crippen LogP contribution in [0.25, 0.3) is 0 Å². The molecule has 7 heteroatoms. The molecule has 110 valence electrons. The minimum absolute atomic E-state index is 0.00815. The molecule has 0 aromatic heterocycles. The first-order valence-corrected chi connectivity index (χ1v) is 7.19. The molecule has 0 radical (unpaired) electrons. The minimum atomic E-state index is -0.241. The monoisotopic (exact) mass is 360 g/mol. The molecular formula is C13H17BrN2O3S. The Balaban J connectivity index is 2.62. The Kier molecular flexibility index (Phi) is 7.04. The molecule has 0 aliphatic carbocycles. The lowest BCUT2D eigenvalue weighted by Crippen LogP contribution is -2.39. The molecule has 1 aromatic rings. The number of rotatable bonds is 6. The second-order valence-corrected chi connectivity index (χ2v) is 5.54. The van der Waals surface area contributed by atoms with Gasteiger partial charge in [-0.1, -0.05) is 0 Å². The van der Waals surface area contributed by atoms with Crippen molar-refractivity contribution in [3.05, 3.63) is 28.2 Å². The minimum Gasteiger partial charge on any atom is -0.383 e. The number of halogens is 1. The highest BCUT2D eigenvalue weighted by Crippen LogP contribution is 2.21. The Morgan fingerprint density at radius 3 is 2.80 bits per heavy atom. The van der Waals surface area contributed by atoms with E-state index in [-0.39, 0.29) is 18.4 Å². The molecule has 5 nitrogen and oxygen atoms in total. The highest BCUT2D eigenvalue weighted by Gasteiger charge is 2.17. The summed E-state index contributed by atoms with van der Waals surface area (Å²) in [4.78, 5) is 25.9. The molecule has 0 saturated carbocycles. The summed E-state index contributed by atoms with van der Waals surface area (Å²) in [5.74, 6) is -0.467. The summed E-state index contributed by atoms with van der Waals surface area (Å²) in [7, 11) is 3.14. The van der Waals surface area contributed by atoms with Gasteiger partial charge in [-0.05, 0) is 34.1 Å². The third-order valence-corrected chi connectivity index (χ3v) is 3.51. The van der Waals surface area contributed by atoms with Crippen LogP contribution >= 0.6 is 28.6 Å². The van der Waals surface area contributed by atoms with E-state index in [1.807, 2.05) is 0 Å². The van der Waals surface area contributed by atoms with Crippen molar-refractivity contribution in [2.75, 3.05) is 33.9 Å². The summed E-state index contributed by atoms with van der Waals surface area (Å²) in [5, 5.41) is 2.66. The number of nitrogens with one attached hydrogen (secondary N) is 1. The van der Waals surface area contributed by atoms with Gasteiger partial charge in [0.05, 0.1) is 18.7 Å². The zero-order valence-corrected chi connectivity index (χ0v) is 13.8. The van der Waals surface area contributed by atoms with Crippen LogP contribution in [0, 0.1) is 0 Å². The van der Waals surface area contributed by atoms with Gasteiger partial charge in [-0.25, -0.2) is 0 Å². The molecule has 1 rings (SSSR count). The molecule has 0 bridgehead atoms. The second-order valence-electron chi connectivity index (χ2n) is 4.17. The van der Waals surface area contributed by atoms with Gasteiger partial charge in [-0.3, -0.25) is 9.59 Å². The average Bonchev–Trinajstić information content (AvgIpc) is 2.41. The van der Waals surface area contributed by atoms with E-state index in [1.165, 1.54) is 4.90 Å². The van der Waals surface area contributed by atoms with Crippen LogP contribution in [0.15, 0.2) is 27.6 Å². The van der Waals surface area contributed by atoms with Crippen molar-refractivity contribution in [3.63, 3.8) is 0 Å². The number of amides is 2. The molecule has 0 spiro atoms. The summed E-state index contributed by atoms with van der Waals surface area (Å²) >= 11 is 7.52. The van der Waals surface area contributed by atoms with Crippen LogP contribution in [0.4, 0.5) is 0 Å². The van der Waals surface area contributed by atoms with Gasteiger partial charge in [-0.15, -0.1) is 12.6 Å². The molecule has 0 atom stereocenters. The van der Waals surface area contributed by atoms with Crippen molar-refractivity contribution in [2.24, 2.45) is 0 Å². The van der Waals surface area contributed by atoms with E-state index in [1.54, 1.807) is 32.4 Å². The smallest absolute Gasteiger partial charge is 0.255 e. The molecule has 0 aliphatic heterocycles. The Morgan fingerprint density at radius 1 is 1.45 bits per heavy atom. The molecule has 20 heavy (non-hydrogen) atoms. The number of hydrogen-bond acceptors (Lipinski definition) is 4. The number of methoxy groups -OCH3 is 1. The molecule has 0 heterocycles. The number of nitrogens with zero attached hydrogens (tertiary/aromatic N) is 1. The number of carbonyl (C=O) groups excluding carboxylic acids is 2.